The van der Waals surface area contributed by atoms with E-state index in [1.54, 1.807) is 7.11 Å². The molecule has 4 fully saturated rings. The summed E-state index contributed by atoms with van der Waals surface area (Å²) in [5.74, 6) is 0.0250. The molecule has 6 atom stereocenters. The Morgan fingerprint density at radius 2 is 1.78 bits per heavy atom. The lowest BCUT2D eigenvalue weighted by molar-refractivity contribution is -0.120. The third kappa shape index (κ3) is 6.54. The minimum atomic E-state index is -0.392. The summed E-state index contributed by atoms with van der Waals surface area (Å²) in [6, 6.07) is 0.211. The lowest BCUT2D eigenvalue weighted by atomic mass is 9.68. The quantitative estimate of drug-likeness (QED) is 0.148. The molecule has 2 amide bonds. The van der Waals surface area contributed by atoms with Crippen molar-refractivity contribution in [1.82, 2.24) is 14.2 Å². The van der Waals surface area contributed by atoms with E-state index in [9.17, 15) is 9.59 Å². The molecule has 2 aliphatic heterocycles. The molecule has 10 heteroatoms. The number of amides is 2. The van der Waals surface area contributed by atoms with Gasteiger partial charge >= 0.3 is 6.09 Å². The average Bonchev–Trinajstić information content (AvgIpc) is 3.74. The Kier molecular flexibility index (Phi) is 9.23. The molecular weight excluding hydrogens is 577 g/mol. The van der Waals surface area contributed by atoms with Crippen LogP contribution >= 0.6 is 22.9 Å². The minimum absolute atomic E-state index is 0.00242. The highest BCUT2D eigenvalue weighted by atomic mass is 127. The number of hydrogen-bond donors (Lipinski definition) is 3. The molecule has 2 heterocycles. The molecule has 36 heavy (non-hydrogen) atoms. The van der Waals surface area contributed by atoms with Crippen LogP contribution in [0.1, 0.15) is 72.1 Å². The second kappa shape index (κ2) is 11.8. The number of halogens is 1. The first-order valence-corrected chi connectivity index (χ1v) is 14.4. The lowest BCUT2D eigenvalue weighted by Crippen LogP contribution is -2.56. The molecule has 0 radical (unpaired) electrons. The summed E-state index contributed by atoms with van der Waals surface area (Å²) in [4.78, 5) is 24.7. The smallest absolute Gasteiger partial charge is 0.407 e. The van der Waals surface area contributed by atoms with Crippen molar-refractivity contribution in [1.29, 1.82) is 0 Å². The van der Waals surface area contributed by atoms with Crippen LogP contribution in [0.2, 0.25) is 0 Å². The van der Waals surface area contributed by atoms with Gasteiger partial charge in [-0.15, -0.1) is 0 Å². The highest BCUT2D eigenvalue weighted by molar-refractivity contribution is 14.1. The minimum Gasteiger partial charge on any atom is -0.443 e. The van der Waals surface area contributed by atoms with Crippen molar-refractivity contribution >= 4 is 34.9 Å². The molecule has 2 saturated heterocycles. The molecule has 2 unspecified atom stereocenters. The number of methoxy groups -OCH3 is 1. The van der Waals surface area contributed by atoms with Crippen LogP contribution in [-0.2, 0) is 23.7 Å². The first kappa shape index (κ1) is 28.1. The number of hydrogen-bond acceptors (Lipinski definition) is 7. The second-order valence-electron chi connectivity index (χ2n) is 11.2. The zero-order valence-corrected chi connectivity index (χ0v) is 24.1. The summed E-state index contributed by atoms with van der Waals surface area (Å²) in [5, 5.41) is 6.09. The van der Waals surface area contributed by atoms with Crippen molar-refractivity contribution in [3.63, 3.8) is 0 Å². The number of alkyl carbamates (subject to hydrolysis) is 1. The van der Waals surface area contributed by atoms with Gasteiger partial charge in [0.15, 0.2) is 0 Å². The van der Waals surface area contributed by atoms with Crippen LogP contribution < -0.4 is 14.2 Å². The van der Waals surface area contributed by atoms with Gasteiger partial charge in [-0.25, -0.2) is 4.79 Å². The van der Waals surface area contributed by atoms with Gasteiger partial charge in [0.2, 0.25) is 5.91 Å². The Hall–Kier alpha value is -0.950. The molecule has 1 spiro atoms. The molecule has 204 valence electrons. The fourth-order valence-corrected chi connectivity index (χ4v) is 6.72. The van der Waals surface area contributed by atoms with E-state index < -0.39 is 6.09 Å². The maximum atomic E-state index is 12.9. The fourth-order valence-electron chi connectivity index (χ4n) is 6.37. The first-order chi connectivity index (χ1) is 17.2. The van der Waals surface area contributed by atoms with Crippen molar-refractivity contribution in [2.45, 2.75) is 114 Å². The normalized spacial score (nSPS) is 39.2. The average molecular weight is 620 g/mol. The van der Waals surface area contributed by atoms with Crippen LogP contribution in [0.25, 0.3) is 0 Å². The van der Waals surface area contributed by atoms with E-state index in [4.69, 9.17) is 18.9 Å². The van der Waals surface area contributed by atoms with Crippen molar-refractivity contribution in [2.75, 3.05) is 20.3 Å². The van der Waals surface area contributed by atoms with Gasteiger partial charge in [-0.05, 0) is 72.1 Å². The van der Waals surface area contributed by atoms with Crippen LogP contribution in [0.5, 0.6) is 0 Å². The lowest BCUT2D eigenvalue weighted by Gasteiger charge is -2.42. The van der Waals surface area contributed by atoms with Gasteiger partial charge in [0, 0.05) is 42.1 Å². The van der Waals surface area contributed by atoms with Gasteiger partial charge in [0.05, 0.1) is 25.2 Å². The molecular formula is C26H42IN3O6. The van der Waals surface area contributed by atoms with Crippen molar-refractivity contribution in [3.05, 3.63) is 11.6 Å². The van der Waals surface area contributed by atoms with Gasteiger partial charge < -0.3 is 29.6 Å². The largest absolute Gasteiger partial charge is 0.443 e. The Balaban J connectivity index is 1.29. The van der Waals surface area contributed by atoms with Gasteiger partial charge in [0.25, 0.3) is 0 Å². The number of ether oxygens (including phenoxy) is 4. The first-order valence-electron chi connectivity index (χ1n) is 13.3. The molecule has 0 bridgehead atoms. The van der Waals surface area contributed by atoms with Crippen LogP contribution in [0, 0.1) is 5.92 Å². The number of nitrogens with one attached hydrogen (secondary N) is 3. The van der Waals surface area contributed by atoms with Crippen molar-refractivity contribution in [3.8, 4) is 0 Å². The van der Waals surface area contributed by atoms with E-state index in [2.05, 4.69) is 41.0 Å². The van der Waals surface area contributed by atoms with E-state index in [0.717, 1.165) is 44.9 Å². The molecule has 0 aromatic carbocycles. The fraction of sp³-hybridized carbons (Fsp3) is 0.846. The standard InChI is InChI=1S/C26H42IN3O6/c1-16(2)6-5-7-20-25(3,36-20)23-22(33-4)19(12-13-26(23)15-34-26)35-24(32)30-18-10-8-17(9-11-18)29-21(31)14-28-27/h6,17-20,22-23,28H,5,7-15H2,1-4H3,(H,29,31)(H,30,32)/t17?,18?,19?,20-,22?,23-,25+,26+/m1/s1. The predicted molar refractivity (Wildman–Crippen MR) is 144 cm³/mol. The van der Waals surface area contributed by atoms with Crippen LogP contribution in [0.4, 0.5) is 4.79 Å². The third-order valence-electron chi connectivity index (χ3n) is 8.38. The molecule has 2 saturated carbocycles. The molecule has 3 N–H and O–H groups in total. The highest BCUT2D eigenvalue weighted by Gasteiger charge is 2.72. The summed E-state index contributed by atoms with van der Waals surface area (Å²) >= 11 is 1.96. The summed E-state index contributed by atoms with van der Waals surface area (Å²) in [7, 11) is 1.69. The van der Waals surface area contributed by atoms with Crippen molar-refractivity contribution in [2.24, 2.45) is 5.92 Å². The Bertz CT molecular complexity index is 824. The summed E-state index contributed by atoms with van der Waals surface area (Å²) < 4.78 is 27.1. The van der Waals surface area contributed by atoms with Crippen LogP contribution in [0.15, 0.2) is 11.6 Å². The Morgan fingerprint density at radius 3 is 2.36 bits per heavy atom. The number of epoxide rings is 2. The molecule has 2 aliphatic carbocycles. The maximum absolute atomic E-state index is 12.9. The second-order valence-corrected chi connectivity index (χ2v) is 12.0. The highest BCUT2D eigenvalue weighted by Crippen LogP contribution is 2.59. The Labute approximate surface area is 228 Å². The summed E-state index contributed by atoms with van der Waals surface area (Å²) in [6.07, 6.45) is 8.22. The monoisotopic (exact) mass is 619 g/mol. The number of allylic oxidation sites excluding steroid dienone is 2. The molecule has 9 nitrogen and oxygen atoms in total. The van der Waals surface area contributed by atoms with Crippen LogP contribution in [-0.4, -0.2) is 73.9 Å². The molecule has 4 aliphatic rings. The summed E-state index contributed by atoms with van der Waals surface area (Å²) in [5.41, 5.74) is 0.756. The van der Waals surface area contributed by atoms with Crippen LogP contribution in [0.3, 0.4) is 0 Å². The topological polar surface area (TPSA) is 114 Å². The van der Waals surface area contributed by atoms with E-state index in [1.165, 1.54) is 5.57 Å². The van der Waals surface area contributed by atoms with E-state index in [1.807, 2.05) is 22.9 Å². The van der Waals surface area contributed by atoms with E-state index in [0.29, 0.717) is 19.6 Å². The molecule has 0 aromatic heterocycles. The van der Waals surface area contributed by atoms with Gasteiger partial charge in [-0.3, -0.25) is 8.32 Å². The third-order valence-corrected chi connectivity index (χ3v) is 8.76. The number of carbonyl (C=O) groups is 2. The Morgan fingerprint density at radius 1 is 1.11 bits per heavy atom. The molecule has 4 rings (SSSR count). The maximum Gasteiger partial charge on any atom is 0.407 e. The van der Waals surface area contributed by atoms with E-state index >= 15 is 0 Å². The van der Waals surface area contributed by atoms with Crippen molar-refractivity contribution < 1.29 is 28.5 Å². The number of rotatable bonds is 10. The van der Waals surface area contributed by atoms with E-state index in [-0.39, 0.29) is 53.4 Å². The zero-order chi connectivity index (χ0) is 25.9. The number of carbonyl (C=O) groups excluding carboxylic acids is 2. The molecule has 0 aromatic rings. The van der Waals surface area contributed by atoms with Gasteiger partial charge in [0.1, 0.15) is 23.4 Å². The SMILES string of the molecule is COC1C(OC(=O)NC2CCC(NC(=O)CNI)CC2)CC[C@]2(CO2)[C@H]1[C@@]1(C)O[C@@H]1CCC=C(C)C. The van der Waals surface area contributed by atoms with Gasteiger partial charge in [-0.2, -0.15) is 0 Å². The van der Waals surface area contributed by atoms with Gasteiger partial charge in [-0.1, -0.05) is 11.6 Å². The summed E-state index contributed by atoms with van der Waals surface area (Å²) in [6.45, 7) is 7.41. The zero-order valence-electron chi connectivity index (χ0n) is 21.9. The predicted octanol–water partition coefficient (Wildman–Crippen LogP) is 3.55.